The van der Waals surface area contributed by atoms with E-state index in [2.05, 4.69) is 28.8 Å². The number of thioether (sulfide) groups is 1. The summed E-state index contributed by atoms with van der Waals surface area (Å²) in [4.78, 5) is 0. The normalized spacial score (nSPS) is 20.9. The van der Waals surface area contributed by atoms with Crippen molar-refractivity contribution in [1.82, 2.24) is 15.1 Å². The van der Waals surface area contributed by atoms with E-state index < -0.39 is 0 Å². The lowest BCUT2D eigenvalue weighted by Gasteiger charge is -2.21. The van der Waals surface area contributed by atoms with Crippen LogP contribution in [0.3, 0.4) is 0 Å². The van der Waals surface area contributed by atoms with Crippen LogP contribution in [-0.2, 0) is 6.54 Å². The lowest BCUT2D eigenvalue weighted by atomic mass is 10.2. The molecular weight excluding hydrogens is 218 g/mol. The highest BCUT2D eigenvalue weighted by Gasteiger charge is 2.12. The molecule has 1 fully saturated rings. The molecule has 1 unspecified atom stereocenters. The van der Waals surface area contributed by atoms with Crippen molar-refractivity contribution in [2.75, 3.05) is 12.3 Å². The second-order valence-corrected chi connectivity index (χ2v) is 5.54. The zero-order valence-electron chi connectivity index (χ0n) is 9.56. The Balaban J connectivity index is 1.68. The van der Waals surface area contributed by atoms with Crippen LogP contribution in [0.25, 0.3) is 6.20 Å². The van der Waals surface area contributed by atoms with E-state index >= 15 is 0 Å². The Labute approximate surface area is 101 Å². The zero-order chi connectivity index (χ0) is 11.2. The van der Waals surface area contributed by atoms with E-state index in [0.717, 1.165) is 18.3 Å². The molecule has 0 spiro atoms. The molecule has 0 aliphatic carbocycles. The summed E-state index contributed by atoms with van der Waals surface area (Å²) < 4.78 is 1.74. The minimum absolute atomic E-state index is 0.809. The molecule has 0 amide bonds. The summed E-state index contributed by atoms with van der Waals surface area (Å²) in [5.74, 6) is 1.33. The van der Waals surface area contributed by atoms with Crippen LogP contribution < -0.4 is 5.32 Å². The molecule has 0 saturated carbocycles. The molecule has 4 heteroatoms. The average molecular weight is 237 g/mol. The second-order valence-electron chi connectivity index (χ2n) is 4.13. The Bertz CT molecular complexity index is 329. The molecule has 1 N–H and O–H groups in total. The fraction of sp³-hybridized carbons (Fsp3) is 0.583. The van der Waals surface area contributed by atoms with E-state index in [1.54, 1.807) is 10.9 Å². The highest BCUT2D eigenvalue weighted by molar-refractivity contribution is 7.99. The van der Waals surface area contributed by atoms with E-state index in [0.29, 0.717) is 0 Å². The van der Waals surface area contributed by atoms with Gasteiger partial charge in [0.1, 0.15) is 0 Å². The van der Waals surface area contributed by atoms with Crippen molar-refractivity contribution < 1.29 is 0 Å². The van der Waals surface area contributed by atoms with Crippen molar-refractivity contribution in [3.63, 3.8) is 0 Å². The predicted molar refractivity (Wildman–Crippen MR) is 70.4 cm³/mol. The van der Waals surface area contributed by atoms with Crippen molar-refractivity contribution >= 4 is 18.0 Å². The van der Waals surface area contributed by atoms with E-state index in [1.165, 1.54) is 30.6 Å². The van der Waals surface area contributed by atoms with Crippen LogP contribution in [0.2, 0.25) is 0 Å². The first-order chi connectivity index (χ1) is 7.88. The summed E-state index contributed by atoms with van der Waals surface area (Å²) in [5.41, 5.74) is 1.22. The van der Waals surface area contributed by atoms with Crippen molar-refractivity contribution in [3.05, 3.63) is 24.5 Å². The van der Waals surface area contributed by atoms with Crippen molar-refractivity contribution in [3.8, 4) is 0 Å². The topological polar surface area (TPSA) is 29.9 Å². The molecular formula is C12H19N3S. The number of nitrogens with zero attached hydrogens (tertiary/aromatic N) is 2. The maximum Gasteiger partial charge on any atom is 0.0538 e. The Morgan fingerprint density at radius 1 is 1.62 bits per heavy atom. The number of hydrogen-bond acceptors (Lipinski definition) is 3. The van der Waals surface area contributed by atoms with Gasteiger partial charge < -0.3 is 5.32 Å². The van der Waals surface area contributed by atoms with Gasteiger partial charge in [0.15, 0.2) is 0 Å². The zero-order valence-corrected chi connectivity index (χ0v) is 10.4. The average Bonchev–Trinajstić information content (AvgIpc) is 2.78. The van der Waals surface area contributed by atoms with E-state index in [1.807, 2.05) is 12.4 Å². The first-order valence-corrected chi connectivity index (χ1v) is 6.91. The smallest absolute Gasteiger partial charge is 0.0538 e. The van der Waals surface area contributed by atoms with Gasteiger partial charge in [0.25, 0.3) is 0 Å². The lowest BCUT2D eigenvalue weighted by Crippen LogP contribution is -2.26. The van der Waals surface area contributed by atoms with Crippen molar-refractivity contribution in [2.45, 2.75) is 31.1 Å². The Morgan fingerprint density at radius 2 is 2.56 bits per heavy atom. The molecule has 1 aliphatic heterocycles. The molecule has 1 aromatic heterocycles. The van der Waals surface area contributed by atoms with Gasteiger partial charge in [-0.15, -0.1) is 0 Å². The number of hydrogen-bond donors (Lipinski definition) is 1. The molecule has 1 aromatic rings. The second kappa shape index (κ2) is 6.11. The van der Waals surface area contributed by atoms with Crippen LogP contribution in [0, 0.1) is 0 Å². The van der Waals surface area contributed by atoms with Gasteiger partial charge in [0.2, 0.25) is 0 Å². The highest BCUT2D eigenvalue weighted by atomic mass is 32.2. The van der Waals surface area contributed by atoms with Gasteiger partial charge in [0, 0.05) is 36.3 Å². The standard InChI is InChI=1S/C12H19N3S/c1-2-15-10-11(8-14-15)7-13-9-12-5-3-4-6-16-12/h2,8,10,12-13H,1,3-7,9H2. The molecule has 0 aromatic carbocycles. The van der Waals surface area contributed by atoms with Crippen LogP contribution in [0.15, 0.2) is 19.0 Å². The minimum atomic E-state index is 0.809. The third kappa shape index (κ3) is 3.39. The fourth-order valence-corrected chi connectivity index (χ4v) is 3.19. The maximum atomic E-state index is 4.15. The summed E-state index contributed by atoms with van der Waals surface area (Å²) in [5, 5.41) is 8.46. The van der Waals surface area contributed by atoms with Crippen molar-refractivity contribution in [1.29, 1.82) is 0 Å². The molecule has 0 radical (unpaired) electrons. The number of aromatic nitrogens is 2. The molecule has 0 bridgehead atoms. The summed E-state index contributed by atoms with van der Waals surface area (Å²) in [6, 6.07) is 0. The van der Waals surface area contributed by atoms with Crippen LogP contribution in [0.1, 0.15) is 24.8 Å². The fourth-order valence-electron chi connectivity index (χ4n) is 1.91. The largest absolute Gasteiger partial charge is 0.311 e. The lowest BCUT2D eigenvalue weighted by molar-refractivity contribution is 0.598. The summed E-state index contributed by atoms with van der Waals surface area (Å²) in [7, 11) is 0. The highest BCUT2D eigenvalue weighted by Crippen LogP contribution is 2.24. The molecule has 16 heavy (non-hydrogen) atoms. The third-order valence-corrected chi connectivity index (χ3v) is 4.22. The Morgan fingerprint density at radius 3 is 3.25 bits per heavy atom. The summed E-state index contributed by atoms with van der Waals surface area (Å²) >= 11 is 2.11. The van der Waals surface area contributed by atoms with Gasteiger partial charge in [-0.3, -0.25) is 0 Å². The molecule has 1 saturated heterocycles. The van der Waals surface area contributed by atoms with Crippen LogP contribution in [0.4, 0.5) is 0 Å². The first-order valence-electron chi connectivity index (χ1n) is 5.86. The van der Waals surface area contributed by atoms with Gasteiger partial charge in [-0.2, -0.15) is 16.9 Å². The summed E-state index contributed by atoms with van der Waals surface area (Å²) in [6.07, 6.45) is 9.77. The van der Waals surface area contributed by atoms with E-state index in [9.17, 15) is 0 Å². The summed E-state index contributed by atoms with van der Waals surface area (Å²) in [6.45, 7) is 5.70. The van der Waals surface area contributed by atoms with Crippen molar-refractivity contribution in [2.24, 2.45) is 0 Å². The van der Waals surface area contributed by atoms with Crippen LogP contribution in [-0.4, -0.2) is 27.3 Å². The SMILES string of the molecule is C=Cn1cc(CNCC2CCCCS2)cn1. The molecule has 1 aliphatic rings. The maximum absolute atomic E-state index is 4.15. The van der Waals surface area contributed by atoms with Gasteiger partial charge in [0.05, 0.1) is 6.20 Å². The first kappa shape index (κ1) is 11.7. The van der Waals surface area contributed by atoms with Crippen LogP contribution >= 0.6 is 11.8 Å². The van der Waals surface area contributed by atoms with E-state index in [4.69, 9.17) is 0 Å². The minimum Gasteiger partial charge on any atom is -0.311 e. The van der Waals surface area contributed by atoms with Gasteiger partial charge in [-0.05, 0) is 18.6 Å². The van der Waals surface area contributed by atoms with Gasteiger partial charge in [-0.1, -0.05) is 13.0 Å². The molecule has 2 rings (SSSR count). The van der Waals surface area contributed by atoms with E-state index in [-0.39, 0.29) is 0 Å². The monoisotopic (exact) mass is 237 g/mol. The Hall–Kier alpha value is -0.740. The molecule has 1 atom stereocenters. The molecule has 2 heterocycles. The van der Waals surface area contributed by atoms with Gasteiger partial charge >= 0.3 is 0 Å². The molecule has 3 nitrogen and oxygen atoms in total. The third-order valence-electron chi connectivity index (χ3n) is 2.82. The Kier molecular flexibility index (Phi) is 4.48. The predicted octanol–water partition coefficient (Wildman–Crippen LogP) is 2.36. The van der Waals surface area contributed by atoms with Gasteiger partial charge in [-0.25, -0.2) is 4.68 Å². The van der Waals surface area contributed by atoms with Crippen LogP contribution in [0.5, 0.6) is 0 Å². The number of nitrogens with one attached hydrogen (secondary N) is 1. The quantitative estimate of drug-likeness (QED) is 0.852. The number of rotatable bonds is 5. The molecule has 88 valence electrons.